The Labute approximate surface area is 151 Å². The molecule has 0 saturated carbocycles. The Morgan fingerprint density at radius 2 is 1.81 bits per heavy atom. The highest BCUT2D eigenvalue weighted by atomic mass is 19.4. The molecular weight excluding hydrogens is 346 g/mol. The first-order valence-corrected chi connectivity index (χ1v) is 8.36. The van der Waals surface area contributed by atoms with Gasteiger partial charge < -0.3 is 4.74 Å². The van der Waals surface area contributed by atoms with E-state index in [1.54, 1.807) is 39.0 Å². The van der Waals surface area contributed by atoms with Gasteiger partial charge in [0.25, 0.3) is 0 Å². The molecule has 1 heterocycles. The van der Waals surface area contributed by atoms with Crippen molar-refractivity contribution in [1.82, 2.24) is 4.98 Å². The van der Waals surface area contributed by atoms with E-state index in [4.69, 9.17) is 4.74 Å². The Morgan fingerprint density at radius 3 is 2.38 bits per heavy atom. The molecule has 1 aromatic heterocycles. The van der Waals surface area contributed by atoms with E-state index < -0.39 is 23.3 Å². The summed E-state index contributed by atoms with van der Waals surface area (Å²) in [5, 5.41) is 0. The van der Waals surface area contributed by atoms with E-state index in [1.165, 1.54) is 25.3 Å². The smallest absolute Gasteiger partial charge is 0.392 e. The van der Waals surface area contributed by atoms with Crippen LogP contribution < -0.4 is 4.74 Å². The Hall–Kier alpha value is -2.11. The van der Waals surface area contributed by atoms with Gasteiger partial charge in [-0.3, -0.25) is 4.98 Å². The number of aryl methyl sites for hydroxylation is 1. The molecule has 0 bridgehead atoms. The Morgan fingerprint density at radius 1 is 1.12 bits per heavy atom. The number of pyridine rings is 1. The number of halogens is 4. The van der Waals surface area contributed by atoms with Crippen molar-refractivity contribution >= 4 is 0 Å². The second kappa shape index (κ2) is 7.64. The maximum Gasteiger partial charge on any atom is 0.392 e. The van der Waals surface area contributed by atoms with E-state index in [-0.39, 0.29) is 12.8 Å². The topological polar surface area (TPSA) is 22.1 Å². The van der Waals surface area contributed by atoms with Crippen LogP contribution in [0.25, 0.3) is 0 Å². The van der Waals surface area contributed by atoms with Crippen LogP contribution in [0, 0.1) is 18.7 Å². The summed E-state index contributed by atoms with van der Waals surface area (Å²) in [6.45, 7) is 5.09. The fourth-order valence-electron chi connectivity index (χ4n) is 3.20. The van der Waals surface area contributed by atoms with Crippen molar-refractivity contribution in [2.75, 3.05) is 7.11 Å². The second-order valence-corrected chi connectivity index (χ2v) is 7.15. The first-order valence-electron chi connectivity index (χ1n) is 8.36. The van der Waals surface area contributed by atoms with Gasteiger partial charge in [-0.15, -0.1) is 0 Å². The van der Waals surface area contributed by atoms with Gasteiger partial charge in [0, 0.05) is 23.4 Å². The molecule has 26 heavy (non-hydrogen) atoms. The number of benzene rings is 1. The van der Waals surface area contributed by atoms with Crippen LogP contribution in [0.2, 0.25) is 0 Å². The molecule has 0 spiro atoms. The van der Waals surface area contributed by atoms with Crippen molar-refractivity contribution in [2.24, 2.45) is 5.92 Å². The van der Waals surface area contributed by atoms with E-state index in [9.17, 15) is 17.6 Å². The summed E-state index contributed by atoms with van der Waals surface area (Å²) in [6.07, 6.45) is -4.80. The lowest BCUT2D eigenvalue weighted by molar-refractivity contribution is -0.179. The van der Waals surface area contributed by atoms with Crippen LogP contribution in [0.3, 0.4) is 0 Å². The highest BCUT2D eigenvalue weighted by molar-refractivity contribution is 5.39. The maximum absolute atomic E-state index is 13.7. The average Bonchev–Trinajstić information content (AvgIpc) is 2.53. The average molecular weight is 369 g/mol. The second-order valence-electron chi connectivity index (χ2n) is 7.15. The lowest BCUT2D eigenvalue weighted by atomic mass is 9.75. The van der Waals surface area contributed by atoms with Crippen molar-refractivity contribution in [3.63, 3.8) is 0 Å². The third-order valence-corrected chi connectivity index (χ3v) is 4.51. The molecule has 0 aliphatic rings. The zero-order chi connectivity index (χ0) is 19.5. The predicted octanol–water partition coefficient (Wildman–Crippen LogP) is 5.63. The number of aromatic nitrogens is 1. The molecular formula is C20H23F4NO. The maximum atomic E-state index is 13.7. The monoisotopic (exact) mass is 369 g/mol. The van der Waals surface area contributed by atoms with Gasteiger partial charge >= 0.3 is 6.18 Å². The molecule has 1 atom stereocenters. The molecule has 1 unspecified atom stereocenters. The Balaban J connectivity index is 2.34. The summed E-state index contributed by atoms with van der Waals surface area (Å²) in [4.78, 5) is 4.19. The number of rotatable bonds is 6. The number of nitrogens with zero attached hydrogens (tertiary/aromatic N) is 1. The van der Waals surface area contributed by atoms with E-state index in [2.05, 4.69) is 4.98 Å². The van der Waals surface area contributed by atoms with Crippen molar-refractivity contribution in [2.45, 2.75) is 45.2 Å². The zero-order valence-electron chi connectivity index (χ0n) is 15.3. The fraction of sp³-hybridized carbons (Fsp3) is 0.450. The summed E-state index contributed by atoms with van der Waals surface area (Å²) < 4.78 is 60.0. The number of hydrogen-bond acceptors (Lipinski definition) is 2. The number of alkyl halides is 3. The van der Waals surface area contributed by atoms with Crippen LogP contribution in [0.1, 0.15) is 37.2 Å². The summed E-state index contributed by atoms with van der Waals surface area (Å²) >= 11 is 0. The van der Waals surface area contributed by atoms with Crippen LogP contribution >= 0.6 is 0 Å². The molecule has 0 aliphatic heterocycles. The summed E-state index contributed by atoms with van der Waals surface area (Å²) in [6, 6.07) is 8.96. The first-order chi connectivity index (χ1) is 12.0. The van der Waals surface area contributed by atoms with Crippen molar-refractivity contribution in [3.05, 3.63) is 59.2 Å². The number of methoxy groups -OCH3 is 1. The van der Waals surface area contributed by atoms with E-state index in [1.807, 2.05) is 0 Å². The Bertz CT molecular complexity index is 756. The minimum atomic E-state index is -4.39. The minimum absolute atomic E-state index is 0.202. The fourth-order valence-corrected chi connectivity index (χ4v) is 3.20. The van der Waals surface area contributed by atoms with Gasteiger partial charge in [-0.25, -0.2) is 4.39 Å². The van der Waals surface area contributed by atoms with Crippen LogP contribution in [-0.4, -0.2) is 18.3 Å². The lowest BCUT2D eigenvalue weighted by Gasteiger charge is -2.32. The van der Waals surface area contributed by atoms with Gasteiger partial charge in [0.15, 0.2) is 0 Å². The number of hydrogen-bond donors (Lipinski definition) is 0. The van der Waals surface area contributed by atoms with Crippen molar-refractivity contribution < 1.29 is 22.3 Å². The van der Waals surface area contributed by atoms with Crippen LogP contribution in [0.15, 0.2) is 36.4 Å². The third kappa shape index (κ3) is 4.96. The normalized spacial score (nSPS) is 13.5. The standard InChI is InChI=1S/C20H23F4NO/c1-13-6-5-7-16(25-13)10-14(20(22,23)24)12-19(2,3)17-11-15(21)8-9-18(17)26-4/h5-9,11,14H,10,12H2,1-4H3. The molecule has 0 radical (unpaired) electrons. The molecule has 142 valence electrons. The summed E-state index contributed by atoms with van der Waals surface area (Å²) in [5.74, 6) is -1.72. The van der Waals surface area contributed by atoms with Gasteiger partial charge in [-0.2, -0.15) is 13.2 Å². The molecule has 6 heteroatoms. The highest BCUT2D eigenvalue weighted by Gasteiger charge is 2.43. The molecule has 0 aliphatic carbocycles. The quantitative estimate of drug-likeness (QED) is 0.616. The molecule has 2 nitrogen and oxygen atoms in total. The highest BCUT2D eigenvalue weighted by Crippen LogP contribution is 2.42. The van der Waals surface area contributed by atoms with Gasteiger partial charge in [0.2, 0.25) is 0 Å². The predicted molar refractivity (Wildman–Crippen MR) is 92.8 cm³/mol. The van der Waals surface area contributed by atoms with E-state index in [0.29, 0.717) is 22.7 Å². The summed E-state index contributed by atoms with van der Waals surface area (Å²) in [7, 11) is 1.42. The molecule has 0 fully saturated rings. The van der Waals surface area contributed by atoms with Gasteiger partial charge in [0.1, 0.15) is 11.6 Å². The molecule has 0 saturated heterocycles. The minimum Gasteiger partial charge on any atom is -0.496 e. The van der Waals surface area contributed by atoms with Gasteiger partial charge in [0.05, 0.1) is 13.0 Å². The zero-order valence-corrected chi connectivity index (χ0v) is 15.3. The molecule has 1 aromatic carbocycles. The molecule has 2 aromatic rings. The van der Waals surface area contributed by atoms with Crippen molar-refractivity contribution in [3.8, 4) is 5.75 Å². The third-order valence-electron chi connectivity index (χ3n) is 4.51. The van der Waals surface area contributed by atoms with Crippen molar-refractivity contribution in [1.29, 1.82) is 0 Å². The van der Waals surface area contributed by atoms with E-state index >= 15 is 0 Å². The van der Waals surface area contributed by atoms with Gasteiger partial charge in [-0.05, 0) is 49.1 Å². The molecule has 0 amide bonds. The van der Waals surface area contributed by atoms with E-state index in [0.717, 1.165) is 0 Å². The van der Waals surface area contributed by atoms with Crippen LogP contribution in [0.4, 0.5) is 17.6 Å². The van der Waals surface area contributed by atoms with Crippen LogP contribution in [0.5, 0.6) is 5.75 Å². The van der Waals surface area contributed by atoms with Gasteiger partial charge in [-0.1, -0.05) is 19.9 Å². The summed E-state index contributed by atoms with van der Waals surface area (Å²) in [5.41, 5.74) is 0.563. The first kappa shape index (κ1) is 20.2. The van der Waals surface area contributed by atoms with Crippen LogP contribution in [-0.2, 0) is 11.8 Å². The molecule has 2 rings (SSSR count). The largest absolute Gasteiger partial charge is 0.496 e. The molecule has 0 N–H and O–H groups in total. The SMILES string of the molecule is COc1ccc(F)cc1C(C)(C)CC(Cc1cccc(C)n1)C(F)(F)F. The Kier molecular flexibility index (Phi) is 5.94. The number of ether oxygens (including phenoxy) is 1. The lowest BCUT2D eigenvalue weighted by Crippen LogP contribution is -2.33.